The SMILES string of the molecule is CC1(C(=O)Nc2nc3ccc(OC(F)(F)F)cc3s2)CC2CCC1O2. The number of carbonyl (C=O) groups is 1. The van der Waals surface area contributed by atoms with Gasteiger partial charge in [0.15, 0.2) is 5.13 Å². The van der Waals surface area contributed by atoms with Gasteiger partial charge in [-0.25, -0.2) is 4.98 Å². The monoisotopic (exact) mass is 372 g/mol. The molecule has 2 aromatic rings. The predicted molar refractivity (Wildman–Crippen MR) is 85.6 cm³/mol. The first-order valence-electron chi connectivity index (χ1n) is 7.86. The topological polar surface area (TPSA) is 60.5 Å². The number of thiazole rings is 1. The quantitative estimate of drug-likeness (QED) is 0.882. The van der Waals surface area contributed by atoms with E-state index in [0.717, 1.165) is 24.2 Å². The maximum atomic E-state index is 12.7. The first-order valence-corrected chi connectivity index (χ1v) is 8.68. The van der Waals surface area contributed by atoms with Crippen molar-refractivity contribution in [2.75, 3.05) is 5.32 Å². The molecule has 3 heterocycles. The molecule has 1 aromatic carbocycles. The van der Waals surface area contributed by atoms with Crippen LogP contribution in [-0.4, -0.2) is 29.5 Å². The summed E-state index contributed by atoms with van der Waals surface area (Å²) in [6, 6.07) is 3.90. The van der Waals surface area contributed by atoms with Gasteiger partial charge in [0.2, 0.25) is 5.91 Å². The number of hydrogen-bond acceptors (Lipinski definition) is 5. The number of rotatable bonds is 3. The zero-order valence-corrected chi connectivity index (χ0v) is 14.0. The lowest BCUT2D eigenvalue weighted by Crippen LogP contribution is -2.41. The molecule has 1 amide bonds. The van der Waals surface area contributed by atoms with Gasteiger partial charge in [0.1, 0.15) is 5.75 Å². The van der Waals surface area contributed by atoms with Crippen LogP contribution in [0, 0.1) is 5.41 Å². The molecule has 5 nitrogen and oxygen atoms in total. The van der Waals surface area contributed by atoms with E-state index in [-0.39, 0.29) is 23.9 Å². The molecule has 2 fully saturated rings. The van der Waals surface area contributed by atoms with Crippen molar-refractivity contribution in [2.45, 2.75) is 44.8 Å². The van der Waals surface area contributed by atoms with Crippen LogP contribution < -0.4 is 10.1 Å². The molecular formula is C16H15F3N2O3S. The predicted octanol–water partition coefficient (Wildman–Crippen LogP) is 4.09. The molecule has 3 unspecified atom stereocenters. The van der Waals surface area contributed by atoms with Crippen molar-refractivity contribution in [3.63, 3.8) is 0 Å². The Morgan fingerprint density at radius 1 is 1.44 bits per heavy atom. The van der Waals surface area contributed by atoms with Gasteiger partial charge in [0.05, 0.1) is 27.8 Å². The Balaban J connectivity index is 1.53. The number of aromatic nitrogens is 1. The Morgan fingerprint density at radius 2 is 2.24 bits per heavy atom. The smallest absolute Gasteiger partial charge is 0.406 e. The summed E-state index contributed by atoms with van der Waals surface area (Å²) in [5.41, 5.74) is -0.0881. The standard InChI is InChI=1S/C16H15F3N2O3S/c1-15(7-9-3-5-12(15)23-9)13(22)21-14-20-10-4-2-8(6-11(10)25-14)24-16(17,18)19/h2,4,6,9,12H,3,5,7H2,1H3,(H,20,21,22). The van der Waals surface area contributed by atoms with Crippen molar-refractivity contribution < 1.29 is 27.4 Å². The first-order chi connectivity index (χ1) is 11.7. The molecule has 134 valence electrons. The lowest BCUT2D eigenvalue weighted by atomic mass is 9.75. The Kier molecular flexibility index (Phi) is 3.69. The zero-order chi connectivity index (χ0) is 17.8. The third-order valence-electron chi connectivity index (χ3n) is 4.80. The highest BCUT2D eigenvalue weighted by atomic mass is 32.1. The van der Waals surface area contributed by atoms with E-state index in [2.05, 4.69) is 15.0 Å². The number of alkyl halides is 3. The van der Waals surface area contributed by atoms with Crippen LogP contribution in [0.1, 0.15) is 26.2 Å². The van der Waals surface area contributed by atoms with Crippen LogP contribution in [0.25, 0.3) is 10.2 Å². The van der Waals surface area contributed by atoms with E-state index in [1.807, 2.05) is 6.92 Å². The lowest BCUT2D eigenvalue weighted by Gasteiger charge is -2.29. The Labute approximate surface area is 145 Å². The number of nitrogens with zero attached hydrogens (tertiary/aromatic N) is 1. The fraction of sp³-hybridized carbons (Fsp3) is 0.500. The van der Waals surface area contributed by atoms with Gasteiger partial charge >= 0.3 is 6.36 Å². The van der Waals surface area contributed by atoms with E-state index >= 15 is 0 Å². The summed E-state index contributed by atoms with van der Waals surface area (Å²) in [5, 5.41) is 3.15. The zero-order valence-electron chi connectivity index (χ0n) is 13.2. The van der Waals surface area contributed by atoms with Gasteiger partial charge in [-0.1, -0.05) is 11.3 Å². The van der Waals surface area contributed by atoms with Gasteiger partial charge < -0.3 is 14.8 Å². The Hall–Kier alpha value is -1.87. The van der Waals surface area contributed by atoms with Crippen molar-refractivity contribution in [1.82, 2.24) is 4.98 Å². The van der Waals surface area contributed by atoms with E-state index in [0.29, 0.717) is 21.8 Å². The molecule has 9 heteroatoms. The summed E-state index contributed by atoms with van der Waals surface area (Å²) in [7, 11) is 0. The Bertz CT molecular complexity index is 838. The molecule has 3 atom stereocenters. The maximum Gasteiger partial charge on any atom is 0.573 e. The van der Waals surface area contributed by atoms with E-state index in [1.54, 1.807) is 0 Å². The average Bonchev–Trinajstić information content (AvgIpc) is 3.18. The number of halogens is 3. The van der Waals surface area contributed by atoms with Gasteiger partial charge in [-0.3, -0.25) is 4.79 Å². The van der Waals surface area contributed by atoms with Crippen LogP contribution in [0.5, 0.6) is 5.75 Å². The van der Waals surface area contributed by atoms with Crippen molar-refractivity contribution in [3.05, 3.63) is 18.2 Å². The van der Waals surface area contributed by atoms with Crippen molar-refractivity contribution >= 4 is 32.6 Å². The molecule has 0 spiro atoms. The van der Waals surface area contributed by atoms with Gasteiger partial charge in [-0.05, 0) is 38.3 Å². The summed E-state index contributed by atoms with van der Waals surface area (Å²) < 4.78 is 47.1. The van der Waals surface area contributed by atoms with Crippen LogP contribution in [0.4, 0.5) is 18.3 Å². The first kappa shape index (κ1) is 16.6. The second-order valence-corrected chi connectivity index (χ2v) is 7.63. The molecular weight excluding hydrogens is 357 g/mol. The molecule has 1 aromatic heterocycles. The largest absolute Gasteiger partial charge is 0.573 e. The Morgan fingerprint density at radius 3 is 2.88 bits per heavy atom. The third-order valence-corrected chi connectivity index (χ3v) is 5.74. The molecule has 2 aliphatic rings. The second kappa shape index (κ2) is 5.57. The van der Waals surface area contributed by atoms with Crippen LogP contribution in [0.15, 0.2) is 18.2 Å². The highest BCUT2D eigenvalue weighted by molar-refractivity contribution is 7.22. The van der Waals surface area contributed by atoms with E-state index in [1.165, 1.54) is 18.2 Å². The molecule has 0 radical (unpaired) electrons. The molecule has 2 bridgehead atoms. The van der Waals surface area contributed by atoms with Gasteiger partial charge in [-0.2, -0.15) is 0 Å². The van der Waals surface area contributed by atoms with Crippen molar-refractivity contribution in [3.8, 4) is 5.75 Å². The number of amides is 1. The number of anilines is 1. The van der Waals surface area contributed by atoms with Gasteiger partial charge in [0, 0.05) is 6.07 Å². The molecule has 2 saturated heterocycles. The summed E-state index contributed by atoms with van der Waals surface area (Å²) >= 11 is 1.11. The number of ether oxygens (including phenoxy) is 2. The highest BCUT2D eigenvalue weighted by Gasteiger charge is 2.53. The summed E-state index contributed by atoms with van der Waals surface area (Å²) in [5.74, 6) is -0.472. The number of fused-ring (bicyclic) bond motifs is 3. The van der Waals surface area contributed by atoms with E-state index < -0.39 is 11.8 Å². The van der Waals surface area contributed by atoms with Crippen molar-refractivity contribution in [2.24, 2.45) is 5.41 Å². The normalized spacial score (nSPS) is 28.5. The molecule has 2 aliphatic heterocycles. The van der Waals surface area contributed by atoms with Crippen LogP contribution in [-0.2, 0) is 9.53 Å². The number of hydrogen-bond donors (Lipinski definition) is 1. The van der Waals surface area contributed by atoms with Crippen LogP contribution in [0.3, 0.4) is 0 Å². The summed E-state index contributed by atoms with van der Waals surface area (Å²) in [6.45, 7) is 1.88. The highest BCUT2D eigenvalue weighted by Crippen LogP contribution is 2.48. The molecule has 1 N–H and O–H groups in total. The fourth-order valence-corrected chi connectivity index (χ4v) is 4.45. The van der Waals surface area contributed by atoms with Crippen LogP contribution >= 0.6 is 11.3 Å². The summed E-state index contributed by atoms with van der Waals surface area (Å²) in [4.78, 5) is 16.9. The average molecular weight is 372 g/mol. The van der Waals surface area contributed by atoms with Gasteiger partial charge in [-0.15, -0.1) is 13.2 Å². The summed E-state index contributed by atoms with van der Waals surface area (Å²) in [6.07, 6.45) is -2.16. The minimum absolute atomic E-state index is 0.0846. The minimum atomic E-state index is -4.74. The van der Waals surface area contributed by atoms with E-state index in [4.69, 9.17) is 4.74 Å². The maximum absolute atomic E-state index is 12.7. The number of carbonyl (C=O) groups excluding carboxylic acids is 1. The molecule has 4 rings (SSSR count). The van der Waals surface area contributed by atoms with Crippen molar-refractivity contribution in [1.29, 1.82) is 0 Å². The number of nitrogens with one attached hydrogen (secondary N) is 1. The van der Waals surface area contributed by atoms with E-state index in [9.17, 15) is 18.0 Å². The third kappa shape index (κ3) is 3.06. The molecule has 0 aliphatic carbocycles. The lowest BCUT2D eigenvalue weighted by molar-refractivity contribution is -0.274. The van der Waals surface area contributed by atoms with Crippen LogP contribution in [0.2, 0.25) is 0 Å². The number of benzene rings is 1. The fourth-order valence-electron chi connectivity index (χ4n) is 3.56. The molecule has 0 saturated carbocycles. The van der Waals surface area contributed by atoms with Gasteiger partial charge in [0.25, 0.3) is 0 Å². The minimum Gasteiger partial charge on any atom is -0.406 e. The second-order valence-electron chi connectivity index (χ2n) is 6.60. The molecule has 25 heavy (non-hydrogen) atoms.